The Balaban J connectivity index is 1.68. The van der Waals surface area contributed by atoms with Gasteiger partial charge in [-0.15, -0.1) is 0 Å². The van der Waals surface area contributed by atoms with E-state index in [1.165, 1.54) is 38.0 Å². The first kappa shape index (κ1) is 16.6. The van der Waals surface area contributed by atoms with Gasteiger partial charge in [-0.3, -0.25) is 0 Å². The molecule has 0 bridgehead atoms. The molecule has 2 aromatic rings. The maximum atomic E-state index is 4.62. The van der Waals surface area contributed by atoms with Crippen LogP contribution in [0, 0.1) is 0 Å². The summed E-state index contributed by atoms with van der Waals surface area (Å²) in [5.74, 6) is 1.60. The maximum Gasteiger partial charge on any atom is 0.229 e. The number of piperidine rings is 1. The normalized spacial score (nSPS) is 14.5. The third kappa shape index (κ3) is 3.96. The second-order valence-corrected chi connectivity index (χ2v) is 6.13. The zero-order valence-corrected chi connectivity index (χ0v) is 14.7. The molecular weight excluding hydrogens is 298 g/mol. The van der Waals surface area contributed by atoms with Crippen LogP contribution >= 0.6 is 0 Å². The molecule has 2 heterocycles. The number of rotatable bonds is 6. The van der Waals surface area contributed by atoms with Gasteiger partial charge in [-0.25, -0.2) is 4.98 Å². The Morgan fingerprint density at radius 2 is 1.71 bits per heavy atom. The number of anilines is 4. The quantitative estimate of drug-likeness (QED) is 0.868. The molecule has 1 N–H and O–H groups in total. The number of hydrogen-bond acceptors (Lipinski definition) is 5. The van der Waals surface area contributed by atoms with Crippen LogP contribution in [0.2, 0.25) is 0 Å². The molecular formula is C19H27N5. The van der Waals surface area contributed by atoms with Gasteiger partial charge in [-0.2, -0.15) is 4.98 Å². The lowest BCUT2D eigenvalue weighted by Crippen LogP contribution is -2.29. The summed E-state index contributed by atoms with van der Waals surface area (Å²) in [6, 6.07) is 10.5. The summed E-state index contributed by atoms with van der Waals surface area (Å²) in [6.07, 6.45) is 5.76. The van der Waals surface area contributed by atoms with Gasteiger partial charge in [0.15, 0.2) is 0 Å². The smallest absolute Gasteiger partial charge is 0.229 e. The number of nitrogens with zero attached hydrogens (tertiary/aromatic N) is 4. The Labute approximate surface area is 144 Å². The monoisotopic (exact) mass is 325 g/mol. The molecule has 1 aliphatic rings. The molecule has 3 rings (SSSR count). The number of aromatic nitrogens is 2. The standard InChI is InChI=1S/C19H27N5/c1-3-23(4-2)18-12-13-20-19(22-18)21-16-8-10-17(11-9-16)24-14-6-5-7-15-24/h8-13H,3-7,14-15H2,1-2H3,(H,20,21,22). The van der Waals surface area contributed by atoms with Crippen molar-refractivity contribution in [3.05, 3.63) is 36.5 Å². The lowest BCUT2D eigenvalue weighted by Gasteiger charge is -2.28. The van der Waals surface area contributed by atoms with Crippen molar-refractivity contribution in [2.75, 3.05) is 41.3 Å². The first-order valence-electron chi connectivity index (χ1n) is 9.00. The fourth-order valence-corrected chi connectivity index (χ4v) is 3.17. The SMILES string of the molecule is CCN(CC)c1ccnc(Nc2ccc(N3CCCCC3)cc2)n1. The molecule has 0 radical (unpaired) electrons. The average molecular weight is 325 g/mol. The van der Waals surface area contributed by atoms with Crippen molar-refractivity contribution in [3.63, 3.8) is 0 Å². The second-order valence-electron chi connectivity index (χ2n) is 6.13. The lowest BCUT2D eigenvalue weighted by molar-refractivity contribution is 0.578. The highest BCUT2D eigenvalue weighted by Crippen LogP contribution is 2.23. The molecule has 128 valence electrons. The first-order valence-corrected chi connectivity index (χ1v) is 9.00. The van der Waals surface area contributed by atoms with Gasteiger partial charge >= 0.3 is 0 Å². The largest absolute Gasteiger partial charge is 0.372 e. The van der Waals surface area contributed by atoms with Gasteiger partial charge in [-0.1, -0.05) is 0 Å². The zero-order chi connectivity index (χ0) is 16.8. The average Bonchev–Trinajstić information content (AvgIpc) is 2.64. The highest BCUT2D eigenvalue weighted by atomic mass is 15.2. The van der Waals surface area contributed by atoms with E-state index in [2.05, 4.69) is 63.2 Å². The van der Waals surface area contributed by atoms with E-state index in [0.29, 0.717) is 5.95 Å². The lowest BCUT2D eigenvalue weighted by atomic mass is 10.1. The van der Waals surface area contributed by atoms with Crippen molar-refractivity contribution in [2.24, 2.45) is 0 Å². The molecule has 1 aromatic carbocycles. The predicted octanol–water partition coefficient (Wildman–Crippen LogP) is 4.06. The van der Waals surface area contributed by atoms with Gasteiger partial charge in [0.25, 0.3) is 0 Å². The zero-order valence-electron chi connectivity index (χ0n) is 14.7. The minimum absolute atomic E-state index is 0.644. The van der Waals surface area contributed by atoms with Crippen molar-refractivity contribution in [2.45, 2.75) is 33.1 Å². The van der Waals surface area contributed by atoms with Crippen molar-refractivity contribution in [1.29, 1.82) is 0 Å². The topological polar surface area (TPSA) is 44.3 Å². The van der Waals surface area contributed by atoms with Gasteiger partial charge < -0.3 is 15.1 Å². The van der Waals surface area contributed by atoms with Crippen LogP contribution in [0.4, 0.5) is 23.1 Å². The molecule has 1 saturated heterocycles. The third-order valence-electron chi connectivity index (χ3n) is 4.57. The highest BCUT2D eigenvalue weighted by Gasteiger charge is 2.11. The fraction of sp³-hybridized carbons (Fsp3) is 0.474. The highest BCUT2D eigenvalue weighted by molar-refractivity contribution is 5.60. The van der Waals surface area contributed by atoms with Gasteiger partial charge in [-0.05, 0) is 63.4 Å². The molecule has 0 spiro atoms. The third-order valence-corrected chi connectivity index (χ3v) is 4.57. The van der Waals surface area contributed by atoms with Gasteiger partial charge in [0.2, 0.25) is 5.95 Å². The summed E-state index contributed by atoms with van der Waals surface area (Å²) in [4.78, 5) is 13.6. The number of hydrogen-bond donors (Lipinski definition) is 1. The van der Waals surface area contributed by atoms with E-state index in [4.69, 9.17) is 0 Å². The molecule has 0 atom stereocenters. The summed E-state index contributed by atoms with van der Waals surface area (Å²) in [5, 5.41) is 3.31. The van der Waals surface area contributed by atoms with E-state index in [0.717, 1.165) is 24.6 Å². The van der Waals surface area contributed by atoms with Gasteiger partial charge in [0.1, 0.15) is 5.82 Å². The molecule has 1 fully saturated rings. The molecule has 1 aliphatic heterocycles. The van der Waals surface area contributed by atoms with Crippen molar-refractivity contribution >= 4 is 23.1 Å². The Bertz CT molecular complexity index is 630. The predicted molar refractivity (Wildman–Crippen MR) is 101 cm³/mol. The number of benzene rings is 1. The first-order chi connectivity index (χ1) is 11.8. The van der Waals surface area contributed by atoms with E-state index in [-0.39, 0.29) is 0 Å². The molecule has 1 aromatic heterocycles. The van der Waals surface area contributed by atoms with E-state index < -0.39 is 0 Å². The van der Waals surface area contributed by atoms with E-state index in [1.807, 2.05) is 12.3 Å². The van der Waals surface area contributed by atoms with E-state index >= 15 is 0 Å². The summed E-state index contributed by atoms with van der Waals surface area (Å²) in [7, 11) is 0. The van der Waals surface area contributed by atoms with Crippen LogP contribution < -0.4 is 15.1 Å². The van der Waals surface area contributed by atoms with Crippen molar-refractivity contribution < 1.29 is 0 Å². The molecule has 0 amide bonds. The van der Waals surface area contributed by atoms with Crippen molar-refractivity contribution in [3.8, 4) is 0 Å². The summed E-state index contributed by atoms with van der Waals surface area (Å²) < 4.78 is 0. The Morgan fingerprint density at radius 3 is 2.38 bits per heavy atom. The van der Waals surface area contributed by atoms with Crippen LogP contribution in [0.1, 0.15) is 33.1 Å². The van der Waals surface area contributed by atoms with E-state index in [9.17, 15) is 0 Å². The van der Waals surface area contributed by atoms with Gasteiger partial charge in [0, 0.05) is 43.8 Å². The summed E-state index contributed by atoms with van der Waals surface area (Å²) in [6.45, 7) is 8.49. The van der Waals surface area contributed by atoms with Crippen LogP contribution in [-0.2, 0) is 0 Å². The molecule has 24 heavy (non-hydrogen) atoms. The summed E-state index contributed by atoms with van der Waals surface area (Å²) >= 11 is 0. The molecule has 0 saturated carbocycles. The summed E-state index contributed by atoms with van der Waals surface area (Å²) in [5.41, 5.74) is 2.32. The van der Waals surface area contributed by atoms with Crippen LogP contribution in [0.3, 0.4) is 0 Å². The minimum atomic E-state index is 0.644. The Kier molecular flexibility index (Phi) is 5.51. The van der Waals surface area contributed by atoms with Crippen LogP contribution in [0.5, 0.6) is 0 Å². The van der Waals surface area contributed by atoms with E-state index in [1.54, 1.807) is 0 Å². The van der Waals surface area contributed by atoms with Crippen LogP contribution in [0.25, 0.3) is 0 Å². The fourth-order valence-electron chi connectivity index (χ4n) is 3.17. The maximum absolute atomic E-state index is 4.62. The van der Waals surface area contributed by atoms with Crippen LogP contribution in [0.15, 0.2) is 36.5 Å². The van der Waals surface area contributed by atoms with Gasteiger partial charge in [0.05, 0.1) is 0 Å². The number of nitrogens with one attached hydrogen (secondary N) is 1. The second kappa shape index (κ2) is 7.99. The molecule has 0 unspecified atom stereocenters. The van der Waals surface area contributed by atoms with Crippen molar-refractivity contribution in [1.82, 2.24) is 9.97 Å². The van der Waals surface area contributed by atoms with Crippen LogP contribution in [-0.4, -0.2) is 36.1 Å². The Morgan fingerprint density at radius 1 is 1.00 bits per heavy atom. The minimum Gasteiger partial charge on any atom is -0.372 e. The molecule has 0 aliphatic carbocycles. The Hall–Kier alpha value is -2.30. The molecule has 5 nitrogen and oxygen atoms in total. The molecule has 5 heteroatoms.